The lowest BCUT2D eigenvalue weighted by Gasteiger charge is -2.24. The van der Waals surface area contributed by atoms with Crippen molar-refractivity contribution in [3.05, 3.63) is 126 Å². The maximum absolute atomic E-state index is 13.8. The van der Waals surface area contributed by atoms with Crippen molar-refractivity contribution in [2.45, 2.75) is 26.5 Å². The Bertz CT molecular complexity index is 1760. The summed E-state index contributed by atoms with van der Waals surface area (Å²) < 4.78 is 32.0. The molecule has 0 aliphatic carbocycles. The van der Waals surface area contributed by atoms with E-state index in [0.29, 0.717) is 32.1 Å². The fourth-order valence-electron chi connectivity index (χ4n) is 4.53. The Morgan fingerprint density at radius 3 is 2.52 bits per heavy atom. The van der Waals surface area contributed by atoms with E-state index >= 15 is 0 Å². The lowest BCUT2D eigenvalue weighted by atomic mass is 9.96. The van der Waals surface area contributed by atoms with Gasteiger partial charge in [-0.3, -0.25) is 9.36 Å². The molecule has 1 aromatic heterocycles. The topological polar surface area (TPSA) is 79.1 Å². The van der Waals surface area contributed by atoms with Gasteiger partial charge >= 0.3 is 5.97 Å². The minimum absolute atomic E-state index is 0.215. The molecular weight excluding hydrogens is 531 g/mol. The zero-order valence-electron chi connectivity index (χ0n) is 22.2. The molecule has 204 valence electrons. The molecule has 1 unspecified atom stereocenters. The zero-order valence-corrected chi connectivity index (χ0v) is 23.0. The highest BCUT2D eigenvalue weighted by atomic mass is 32.1. The first-order valence-electron chi connectivity index (χ1n) is 12.7. The number of fused-ring (bicyclic) bond motifs is 1. The van der Waals surface area contributed by atoms with Gasteiger partial charge in [0.05, 0.1) is 35.6 Å². The first-order chi connectivity index (χ1) is 19.4. The highest BCUT2D eigenvalue weighted by Crippen LogP contribution is 2.31. The van der Waals surface area contributed by atoms with E-state index in [4.69, 9.17) is 14.2 Å². The van der Waals surface area contributed by atoms with Crippen molar-refractivity contribution in [3.63, 3.8) is 0 Å². The summed E-state index contributed by atoms with van der Waals surface area (Å²) in [5.41, 5.74) is 2.94. The number of esters is 1. The molecule has 0 N–H and O–H groups in total. The van der Waals surface area contributed by atoms with Crippen LogP contribution in [-0.4, -0.2) is 24.3 Å². The van der Waals surface area contributed by atoms with Gasteiger partial charge in [-0.05, 0) is 60.9 Å². The van der Waals surface area contributed by atoms with Gasteiger partial charge in [-0.15, -0.1) is 0 Å². The van der Waals surface area contributed by atoms with E-state index in [1.807, 2.05) is 36.4 Å². The van der Waals surface area contributed by atoms with Crippen molar-refractivity contribution in [3.8, 4) is 11.5 Å². The highest BCUT2D eigenvalue weighted by Gasteiger charge is 2.33. The van der Waals surface area contributed by atoms with E-state index in [-0.39, 0.29) is 24.6 Å². The standard InChI is InChI=1S/C31H27FN2O5S/c1-4-38-30(36)27-19(2)33-31-34(28(27)22-8-6-5-7-9-22)29(35)26(40-31)17-21-12-15-24(25(16-21)37-3)39-18-20-10-13-23(32)14-11-20/h5-17,28H,4,18H2,1-3H3. The molecule has 2 heterocycles. The number of benzene rings is 3. The smallest absolute Gasteiger partial charge is 0.338 e. The lowest BCUT2D eigenvalue weighted by Crippen LogP contribution is -2.39. The van der Waals surface area contributed by atoms with E-state index < -0.39 is 12.0 Å². The van der Waals surface area contributed by atoms with Crippen LogP contribution in [0.2, 0.25) is 0 Å². The predicted octanol–water partition coefficient (Wildman–Crippen LogP) is 4.53. The van der Waals surface area contributed by atoms with Gasteiger partial charge in [0.1, 0.15) is 12.4 Å². The van der Waals surface area contributed by atoms with Gasteiger partial charge in [0.25, 0.3) is 5.56 Å². The predicted molar refractivity (Wildman–Crippen MR) is 151 cm³/mol. The maximum Gasteiger partial charge on any atom is 0.338 e. The number of halogens is 1. The van der Waals surface area contributed by atoms with Crippen LogP contribution in [0.15, 0.2) is 93.9 Å². The quantitative estimate of drug-likeness (QED) is 0.297. The monoisotopic (exact) mass is 558 g/mol. The van der Waals surface area contributed by atoms with Crippen molar-refractivity contribution < 1.29 is 23.4 Å². The number of nitrogens with zero attached hydrogens (tertiary/aromatic N) is 2. The molecule has 5 rings (SSSR count). The first-order valence-corrected chi connectivity index (χ1v) is 13.5. The van der Waals surface area contributed by atoms with Crippen LogP contribution in [0.3, 0.4) is 0 Å². The molecule has 3 aromatic carbocycles. The SMILES string of the molecule is CCOC(=O)C1=C(C)N=c2sc(=Cc3ccc(OCc4ccc(F)cc4)c(OC)c3)c(=O)n2C1c1ccccc1. The highest BCUT2D eigenvalue weighted by molar-refractivity contribution is 7.07. The van der Waals surface area contributed by atoms with Crippen LogP contribution in [0, 0.1) is 5.82 Å². The van der Waals surface area contributed by atoms with Crippen molar-refractivity contribution in [2.24, 2.45) is 4.99 Å². The molecular formula is C31H27FN2O5S. The summed E-state index contributed by atoms with van der Waals surface area (Å²) in [5.74, 6) is 0.210. The molecule has 0 amide bonds. The van der Waals surface area contributed by atoms with Gasteiger partial charge in [-0.25, -0.2) is 14.2 Å². The van der Waals surface area contributed by atoms with Crippen LogP contribution in [0.5, 0.6) is 11.5 Å². The third-order valence-electron chi connectivity index (χ3n) is 6.43. The van der Waals surface area contributed by atoms with E-state index in [2.05, 4.69) is 4.99 Å². The number of rotatable bonds is 8. The summed E-state index contributed by atoms with van der Waals surface area (Å²) in [6.45, 7) is 3.96. The Balaban J connectivity index is 1.52. The molecule has 0 fully saturated rings. The zero-order chi connectivity index (χ0) is 28.2. The number of allylic oxidation sites excluding steroid dienone is 1. The summed E-state index contributed by atoms with van der Waals surface area (Å²) in [6, 6.07) is 20.2. The molecule has 0 spiro atoms. The maximum atomic E-state index is 13.8. The van der Waals surface area contributed by atoms with Crippen LogP contribution < -0.4 is 24.4 Å². The Kier molecular flexibility index (Phi) is 7.93. The number of hydrogen-bond donors (Lipinski definition) is 0. The fourth-order valence-corrected chi connectivity index (χ4v) is 5.58. The molecule has 0 saturated heterocycles. The summed E-state index contributed by atoms with van der Waals surface area (Å²) >= 11 is 1.25. The number of aromatic nitrogens is 1. The van der Waals surface area contributed by atoms with Crippen LogP contribution in [0.4, 0.5) is 4.39 Å². The molecule has 0 bridgehead atoms. The molecule has 40 heavy (non-hydrogen) atoms. The third-order valence-corrected chi connectivity index (χ3v) is 7.41. The lowest BCUT2D eigenvalue weighted by molar-refractivity contribution is -0.139. The van der Waals surface area contributed by atoms with Gasteiger partial charge in [0.2, 0.25) is 0 Å². The Hall–Kier alpha value is -4.50. The Labute approximate surface area is 234 Å². The number of thiazole rings is 1. The number of ether oxygens (including phenoxy) is 3. The van der Waals surface area contributed by atoms with Gasteiger partial charge in [-0.1, -0.05) is 59.9 Å². The Morgan fingerprint density at radius 2 is 1.82 bits per heavy atom. The van der Waals surface area contributed by atoms with Crippen LogP contribution in [0.1, 0.15) is 36.6 Å². The van der Waals surface area contributed by atoms with Gasteiger partial charge in [0.15, 0.2) is 16.3 Å². The van der Waals surface area contributed by atoms with Crippen LogP contribution in [0.25, 0.3) is 6.08 Å². The number of hydrogen-bond acceptors (Lipinski definition) is 7. The molecule has 9 heteroatoms. The normalized spacial score (nSPS) is 14.9. The molecule has 0 saturated carbocycles. The second-order valence-electron chi connectivity index (χ2n) is 9.04. The van der Waals surface area contributed by atoms with E-state index in [9.17, 15) is 14.0 Å². The molecule has 1 aliphatic heterocycles. The van der Waals surface area contributed by atoms with E-state index in [1.165, 1.54) is 30.6 Å². The molecule has 0 radical (unpaired) electrons. The molecule has 1 atom stereocenters. The average molecular weight is 559 g/mol. The summed E-state index contributed by atoms with van der Waals surface area (Å²) in [7, 11) is 1.54. The number of methoxy groups -OCH3 is 1. The van der Waals surface area contributed by atoms with E-state index in [1.54, 1.807) is 48.8 Å². The van der Waals surface area contributed by atoms with Gasteiger partial charge in [-0.2, -0.15) is 0 Å². The van der Waals surface area contributed by atoms with Crippen LogP contribution >= 0.6 is 11.3 Å². The number of carbonyl (C=O) groups is 1. The third kappa shape index (κ3) is 5.46. The summed E-state index contributed by atoms with van der Waals surface area (Å²) in [5, 5.41) is 0. The van der Waals surface area contributed by atoms with Crippen molar-refractivity contribution >= 4 is 23.4 Å². The van der Waals surface area contributed by atoms with Crippen molar-refractivity contribution in [2.75, 3.05) is 13.7 Å². The van der Waals surface area contributed by atoms with Gasteiger partial charge < -0.3 is 14.2 Å². The second-order valence-corrected chi connectivity index (χ2v) is 10.0. The largest absolute Gasteiger partial charge is 0.493 e. The molecule has 4 aromatic rings. The Morgan fingerprint density at radius 1 is 1.07 bits per heavy atom. The second kappa shape index (κ2) is 11.7. The summed E-state index contributed by atoms with van der Waals surface area (Å²) in [4.78, 5) is 31.8. The van der Waals surface area contributed by atoms with Crippen LogP contribution in [-0.2, 0) is 16.1 Å². The molecule has 7 nitrogen and oxygen atoms in total. The minimum Gasteiger partial charge on any atom is -0.493 e. The van der Waals surface area contributed by atoms with Crippen molar-refractivity contribution in [1.82, 2.24) is 4.57 Å². The van der Waals surface area contributed by atoms with E-state index in [0.717, 1.165) is 16.7 Å². The molecule has 1 aliphatic rings. The van der Waals surface area contributed by atoms with Crippen molar-refractivity contribution in [1.29, 1.82) is 0 Å². The average Bonchev–Trinajstić information content (AvgIpc) is 3.26. The number of carbonyl (C=O) groups excluding carboxylic acids is 1. The first kappa shape index (κ1) is 27.1. The summed E-state index contributed by atoms with van der Waals surface area (Å²) in [6.07, 6.45) is 1.77. The minimum atomic E-state index is -0.657. The van der Waals surface area contributed by atoms with Gasteiger partial charge in [0, 0.05) is 0 Å². The fraction of sp³-hybridized carbons (Fsp3) is 0.194.